The van der Waals surface area contributed by atoms with Crippen LogP contribution in [-0.2, 0) is 0 Å². The highest BCUT2D eigenvalue weighted by Crippen LogP contribution is 2.31. The maximum absolute atomic E-state index is 3.58. The summed E-state index contributed by atoms with van der Waals surface area (Å²) < 4.78 is 0. The predicted octanol–water partition coefficient (Wildman–Crippen LogP) is 1.72. The van der Waals surface area contributed by atoms with Gasteiger partial charge < -0.3 is 10.2 Å². The molecule has 0 aliphatic heterocycles. The summed E-state index contributed by atoms with van der Waals surface area (Å²) in [6.07, 6.45) is 4.34. The third-order valence-electron chi connectivity index (χ3n) is 2.87. The van der Waals surface area contributed by atoms with Crippen molar-refractivity contribution < 1.29 is 0 Å². The van der Waals surface area contributed by atoms with E-state index in [9.17, 15) is 0 Å². The van der Waals surface area contributed by atoms with Gasteiger partial charge in [-0.15, -0.1) is 0 Å². The van der Waals surface area contributed by atoms with Gasteiger partial charge in [-0.1, -0.05) is 19.8 Å². The van der Waals surface area contributed by atoms with Crippen molar-refractivity contribution in [1.29, 1.82) is 0 Å². The van der Waals surface area contributed by atoms with E-state index < -0.39 is 0 Å². The molecule has 1 unspecified atom stereocenters. The minimum Gasteiger partial charge on any atom is -0.313 e. The fourth-order valence-electron chi connectivity index (χ4n) is 1.60. The number of likely N-dealkylation sites (N-methyl/N-ethyl adjacent to an activating group) is 1. The minimum absolute atomic E-state index is 0.642. The average Bonchev–Trinajstić information content (AvgIpc) is 2.88. The van der Waals surface area contributed by atoms with Crippen molar-refractivity contribution in [3.05, 3.63) is 0 Å². The van der Waals surface area contributed by atoms with Crippen molar-refractivity contribution in [2.24, 2.45) is 5.92 Å². The van der Waals surface area contributed by atoms with Gasteiger partial charge in [0.05, 0.1) is 0 Å². The van der Waals surface area contributed by atoms with E-state index in [4.69, 9.17) is 0 Å². The zero-order valence-electron chi connectivity index (χ0n) is 9.34. The van der Waals surface area contributed by atoms with Gasteiger partial charge in [-0.3, -0.25) is 0 Å². The molecule has 13 heavy (non-hydrogen) atoms. The summed E-state index contributed by atoms with van der Waals surface area (Å²) in [5, 5.41) is 3.58. The van der Waals surface area contributed by atoms with Crippen LogP contribution in [0.3, 0.4) is 0 Å². The molecule has 0 aromatic rings. The van der Waals surface area contributed by atoms with Crippen LogP contribution in [0.5, 0.6) is 0 Å². The Balaban J connectivity index is 1.92. The third-order valence-corrected chi connectivity index (χ3v) is 2.87. The molecule has 0 saturated heterocycles. The van der Waals surface area contributed by atoms with Crippen LogP contribution in [0.25, 0.3) is 0 Å². The van der Waals surface area contributed by atoms with E-state index in [1.165, 1.54) is 32.4 Å². The van der Waals surface area contributed by atoms with Crippen LogP contribution in [-0.4, -0.2) is 37.6 Å². The van der Waals surface area contributed by atoms with Crippen LogP contribution in [0.4, 0.5) is 0 Å². The zero-order valence-corrected chi connectivity index (χ0v) is 9.34. The summed E-state index contributed by atoms with van der Waals surface area (Å²) in [6.45, 7) is 8.01. The normalized spacial score (nSPS) is 19.4. The van der Waals surface area contributed by atoms with Crippen LogP contribution in [0.2, 0.25) is 0 Å². The van der Waals surface area contributed by atoms with E-state index in [-0.39, 0.29) is 0 Å². The number of hydrogen-bond acceptors (Lipinski definition) is 2. The van der Waals surface area contributed by atoms with E-state index in [2.05, 4.69) is 31.1 Å². The average molecular weight is 184 g/mol. The Morgan fingerprint density at radius 2 is 2.15 bits per heavy atom. The maximum atomic E-state index is 3.58. The largest absolute Gasteiger partial charge is 0.313 e. The van der Waals surface area contributed by atoms with E-state index in [0.717, 1.165) is 12.5 Å². The molecular formula is C11H24N2. The summed E-state index contributed by atoms with van der Waals surface area (Å²) in [6, 6.07) is 0.642. The fourth-order valence-corrected chi connectivity index (χ4v) is 1.60. The van der Waals surface area contributed by atoms with Crippen LogP contribution >= 0.6 is 0 Å². The van der Waals surface area contributed by atoms with Gasteiger partial charge in [0.2, 0.25) is 0 Å². The molecule has 0 bridgehead atoms. The van der Waals surface area contributed by atoms with Crippen molar-refractivity contribution in [3.8, 4) is 0 Å². The molecule has 1 aliphatic carbocycles. The molecule has 0 spiro atoms. The van der Waals surface area contributed by atoms with Gasteiger partial charge in [0, 0.05) is 12.6 Å². The number of hydrogen-bond donors (Lipinski definition) is 1. The lowest BCUT2D eigenvalue weighted by Crippen LogP contribution is -2.37. The Kier molecular flexibility index (Phi) is 4.74. The highest BCUT2D eigenvalue weighted by atomic mass is 15.1. The highest BCUT2D eigenvalue weighted by Gasteiger charge is 2.20. The first-order chi connectivity index (χ1) is 6.22. The van der Waals surface area contributed by atoms with E-state index in [1.54, 1.807) is 0 Å². The van der Waals surface area contributed by atoms with Gasteiger partial charge in [0.1, 0.15) is 0 Å². The molecule has 0 radical (unpaired) electrons. The molecule has 0 amide bonds. The first-order valence-electron chi connectivity index (χ1n) is 5.64. The van der Waals surface area contributed by atoms with Crippen molar-refractivity contribution in [2.45, 2.75) is 39.2 Å². The lowest BCUT2D eigenvalue weighted by atomic mass is 10.2. The van der Waals surface area contributed by atoms with E-state index in [1.807, 2.05) is 0 Å². The molecule has 78 valence electrons. The Hall–Kier alpha value is -0.0800. The molecule has 2 nitrogen and oxygen atoms in total. The summed E-state index contributed by atoms with van der Waals surface area (Å²) in [4.78, 5) is 2.36. The molecule has 0 aromatic carbocycles. The van der Waals surface area contributed by atoms with Gasteiger partial charge >= 0.3 is 0 Å². The van der Waals surface area contributed by atoms with E-state index >= 15 is 0 Å². The molecule has 1 fully saturated rings. The molecule has 1 atom stereocenters. The second-order valence-electron chi connectivity index (χ2n) is 4.44. The van der Waals surface area contributed by atoms with Gasteiger partial charge in [0.15, 0.2) is 0 Å². The molecular weight excluding hydrogens is 160 g/mol. The Morgan fingerprint density at radius 1 is 1.46 bits per heavy atom. The monoisotopic (exact) mass is 184 g/mol. The summed E-state index contributed by atoms with van der Waals surface area (Å²) in [7, 11) is 2.18. The van der Waals surface area contributed by atoms with Crippen LogP contribution in [0.1, 0.15) is 33.1 Å². The third kappa shape index (κ3) is 5.27. The van der Waals surface area contributed by atoms with Gasteiger partial charge in [-0.25, -0.2) is 0 Å². The van der Waals surface area contributed by atoms with Crippen molar-refractivity contribution >= 4 is 0 Å². The zero-order chi connectivity index (χ0) is 9.68. The van der Waals surface area contributed by atoms with Gasteiger partial charge in [-0.2, -0.15) is 0 Å². The molecule has 1 rings (SSSR count). The van der Waals surface area contributed by atoms with Crippen LogP contribution in [0, 0.1) is 5.92 Å². The van der Waals surface area contributed by atoms with Gasteiger partial charge in [0.25, 0.3) is 0 Å². The Labute approximate surface area is 82.7 Å². The molecule has 1 N–H and O–H groups in total. The number of nitrogens with zero attached hydrogens (tertiary/aromatic N) is 1. The maximum Gasteiger partial charge on any atom is 0.0166 e. The Bertz CT molecular complexity index is 132. The second-order valence-corrected chi connectivity index (χ2v) is 4.44. The predicted molar refractivity (Wildman–Crippen MR) is 58.0 cm³/mol. The van der Waals surface area contributed by atoms with Crippen molar-refractivity contribution in [2.75, 3.05) is 26.7 Å². The lowest BCUT2D eigenvalue weighted by Gasteiger charge is -2.20. The summed E-state index contributed by atoms with van der Waals surface area (Å²) >= 11 is 0. The van der Waals surface area contributed by atoms with E-state index in [0.29, 0.717) is 6.04 Å². The lowest BCUT2D eigenvalue weighted by molar-refractivity contribution is 0.309. The molecule has 1 saturated carbocycles. The summed E-state index contributed by atoms with van der Waals surface area (Å²) in [5.41, 5.74) is 0. The first kappa shape index (κ1) is 11.0. The van der Waals surface area contributed by atoms with Crippen molar-refractivity contribution in [1.82, 2.24) is 10.2 Å². The summed E-state index contributed by atoms with van der Waals surface area (Å²) in [5.74, 6) is 1.06. The number of nitrogens with one attached hydrogen (secondary N) is 1. The highest BCUT2D eigenvalue weighted by molar-refractivity contribution is 4.75. The topological polar surface area (TPSA) is 15.3 Å². The molecule has 1 aliphatic rings. The van der Waals surface area contributed by atoms with Crippen molar-refractivity contribution in [3.63, 3.8) is 0 Å². The quantitative estimate of drug-likeness (QED) is 0.648. The molecule has 2 heteroatoms. The second kappa shape index (κ2) is 5.61. The first-order valence-corrected chi connectivity index (χ1v) is 5.64. The SMILES string of the molecule is CCN(C)CC(C)NCCC1CC1. The number of rotatable bonds is 7. The Morgan fingerprint density at radius 3 is 2.69 bits per heavy atom. The smallest absolute Gasteiger partial charge is 0.0166 e. The standard InChI is InChI=1S/C11H24N2/c1-4-13(3)9-10(2)12-8-7-11-5-6-11/h10-12H,4-9H2,1-3H3. The molecule has 0 heterocycles. The minimum atomic E-state index is 0.642. The van der Waals surface area contributed by atoms with Gasteiger partial charge in [-0.05, 0) is 39.4 Å². The molecule has 0 aromatic heterocycles. The van der Waals surface area contributed by atoms with Crippen LogP contribution < -0.4 is 5.32 Å². The van der Waals surface area contributed by atoms with Crippen LogP contribution in [0.15, 0.2) is 0 Å². The fraction of sp³-hybridized carbons (Fsp3) is 1.00.